The Kier molecular flexibility index (Phi) is 3.80. The van der Waals surface area contributed by atoms with E-state index < -0.39 is 0 Å². The first-order chi connectivity index (χ1) is 13.7. The molecule has 1 aromatic heterocycles. The lowest BCUT2D eigenvalue weighted by atomic mass is 9.73. The van der Waals surface area contributed by atoms with Crippen molar-refractivity contribution in [3.8, 4) is 11.3 Å². The lowest BCUT2D eigenvalue weighted by Gasteiger charge is -2.42. The second-order valence-corrected chi connectivity index (χ2v) is 7.76. The molecule has 136 valence electrons. The number of nitrogens with zero attached hydrogens (tertiary/aromatic N) is 2. The summed E-state index contributed by atoms with van der Waals surface area (Å²) in [4.78, 5) is 6.84. The Labute approximate surface area is 166 Å². The van der Waals surface area contributed by atoms with Gasteiger partial charge in [0.05, 0.1) is 17.1 Å². The van der Waals surface area contributed by atoms with Gasteiger partial charge in [-0.3, -0.25) is 4.98 Å². The Hall–Kier alpha value is -3.39. The monoisotopic (exact) mass is 362 g/mol. The fourth-order valence-corrected chi connectivity index (χ4v) is 4.26. The largest absolute Gasteiger partial charge is 0.310 e. The standard InChI is InChI=1S/C26H22N2/c1-26(2)21-9-3-5-12-24(21)28(25-13-6-4-10-22(25)26)20-16-14-19(15-17-20)23-11-7-8-18-27-23/h3-18H,1-2H3. The lowest BCUT2D eigenvalue weighted by molar-refractivity contribution is 0.632. The average molecular weight is 362 g/mol. The molecule has 2 heterocycles. The van der Waals surface area contributed by atoms with E-state index in [0.29, 0.717) is 0 Å². The van der Waals surface area contributed by atoms with Gasteiger partial charge in [-0.25, -0.2) is 0 Å². The Morgan fingerprint density at radius 3 is 1.79 bits per heavy atom. The third-order valence-corrected chi connectivity index (χ3v) is 5.72. The third-order valence-electron chi connectivity index (χ3n) is 5.72. The van der Waals surface area contributed by atoms with Crippen molar-refractivity contribution >= 4 is 17.1 Å². The van der Waals surface area contributed by atoms with Crippen LogP contribution in [0, 0.1) is 0 Å². The zero-order chi connectivity index (χ0) is 19.1. The highest BCUT2D eigenvalue weighted by atomic mass is 15.2. The van der Waals surface area contributed by atoms with Gasteiger partial charge in [-0.1, -0.05) is 68.4 Å². The van der Waals surface area contributed by atoms with Gasteiger partial charge < -0.3 is 4.90 Å². The van der Waals surface area contributed by atoms with E-state index in [1.54, 1.807) is 0 Å². The molecule has 1 aliphatic rings. The van der Waals surface area contributed by atoms with E-state index in [0.717, 1.165) is 16.9 Å². The van der Waals surface area contributed by atoms with Crippen molar-refractivity contribution in [2.24, 2.45) is 0 Å². The number of pyridine rings is 1. The van der Waals surface area contributed by atoms with Crippen molar-refractivity contribution in [2.75, 3.05) is 4.90 Å². The van der Waals surface area contributed by atoms with Crippen LogP contribution in [0.1, 0.15) is 25.0 Å². The average Bonchev–Trinajstić information content (AvgIpc) is 2.75. The molecule has 0 amide bonds. The normalized spacial score (nSPS) is 14.3. The highest BCUT2D eigenvalue weighted by Crippen LogP contribution is 2.51. The smallest absolute Gasteiger partial charge is 0.0701 e. The third kappa shape index (κ3) is 2.53. The number of para-hydroxylation sites is 2. The molecule has 0 radical (unpaired) electrons. The van der Waals surface area contributed by atoms with Crippen LogP contribution in [0.15, 0.2) is 97.2 Å². The van der Waals surface area contributed by atoms with Gasteiger partial charge in [-0.2, -0.15) is 0 Å². The van der Waals surface area contributed by atoms with Crippen LogP contribution in [0.5, 0.6) is 0 Å². The first-order valence-electron chi connectivity index (χ1n) is 9.67. The summed E-state index contributed by atoms with van der Waals surface area (Å²) in [5, 5.41) is 0. The summed E-state index contributed by atoms with van der Waals surface area (Å²) in [6.07, 6.45) is 1.84. The summed E-state index contributed by atoms with van der Waals surface area (Å²) in [7, 11) is 0. The van der Waals surface area contributed by atoms with E-state index in [1.165, 1.54) is 22.5 Å². The van der Waals surface area contributed by atoms with Crippen molar-refractivity contribution in [3.63, 3.8) is 0 Å². The van der Waals surface area contributed by atoms with Crippen LogP contribution in [0.2, 0.25) is 0 Å². The van der Waals surface area contributed by atoms with E-state index >= 15 is 0 Å². The van der Waals surface area contributed by atoms with Crippen LogP contribution >= 0.6 is 0 Å². The molecule has 0 bridgehead atoms. The van der Waals surface area contributed by atoms with Crippen LogP contribution < -0.4 is 4.90 Å². The maximum atomic E-state index is 4.47. The SMILES string of the molecule is CC1(C)c2ccccc2N(c2ccc(-c3ccccn3)cc2)c2ccccc21. The van der Waals surface area contributed by atoms with Crippen LogP contribution in [0.3, 0.4) is 0 Å². The number of anilines is 3. The summed E-state index contributed by atoms with van der Waals surface area (Å²) in [6.45, 7) is 4.62. The van der Waals surface area contributed by atoms with Crippen molar-refractivity contribution < 1.29 is 0 Å². The van der Waals surface area contributed by atoms with Crippen LogP contribution in [0.4, 0.5) is 17.1 Å². The fraction of sp³-hybridized carbons (Fsp3) is 0.115. The number of aromatic nitrogens is 1. The molecule has 0 fully saturated rings. The van der Waals surface area contributed by atoms with Gasteiger partial charge in [-0.05, 0) is 47.5 Å². The minimum atomic E-state index is -0.0302. The maximum Gasteiger partial charge on any atom is 0.0701 e. The second kappa shape index (κ2) is 6.35. The van der Waals surface area contributed by atoms with E-state index in [4.69, 9.17) is 0 Å². The molecule has 1 aliphatic heterocycles. The molecule has 2 heteroatoms. The molecule has 0 atom stereocenters. The van der Waals surface area contributed by atoms with Crippen LogP contribution in [0.25, 0.3) is 11.3 Å². The van der Waals surface area contributed by atoms with E-state index in [-0.39, 0.29) is 5.41 Å². The van der Waals surface area contributed by atoms with Crippen LogP contribution in [-0.2, 0) is 5.41 Å². The first-order valence-corrected chi connectivity index (χ1v) is 9.67. The summed E-state index contributed by atoms with van der Waals surface area (Å²) in [6, 6.07) is 32.2. The predicted octanol–water partition coefficient (Wildman–Crippen LogP) is 6.86. The van der Waals surface area contributed by atoms with Gasteiger partial charge in [0, 0.05) is 22.9 Å². The minimum Gasteiger partial charge on any atom is -0.310 e. The van der Waals surface area contributed by atoms with Crippen molar-refractivity contribution in [2.45, 2.75) is 19.3 Å². The van der Waals surface area contributed by atoms with Crippen molar-refractivity contribution in [1.82, 2.24) is 4.98 Å². The molecule has 0 unspecified atom stereocenters. The molecule has 28 heavy (non-hydrogen) atoms. The van der Waals surface area contributed by atoms with E-state index in [1.807, 2.05) is 24.4 Å². The molecule has 0 N–H and O–H groups in total. The lowest BCUT2D eigenvalue weighted by Crippen LogP contribution is -2.30. The zero-order valence-corrected chi connectivity index (χ0v) is 16.1. The number of fused-ring (bicyclic) bond motifs is 2. The van der Waals surface area contributed by atoms with Gasteiger partial charge in [0.15, 0.2) is 0 Å². The molecule has 0 spiro atoms. The van der Waals surface area contributed by atoms with Gasteiger partial charge in [0.25, 0.3) is 0 Å². The zero-order valence-electron chi connectivity index (χ0n) is 16.1. The molecule has 2 nitrogen and oxygen atoms in total. The summed E-state index contributed by atoms with van der Waals surface area (Å²) >= 11 is 0. The molecule has 0 aliphatic carbocycles. The van der Waals surface area contributed by atoms with Gasteiger partial charge in [-0.15, -0.1) is 0 Å². The molecular weight excluding hydrogens is 340 g/mol. The number of rotatable bonds is 2. The molecule has 4 aromatic rings. The van der Waals surface area contributed by atoms with Gasteiger partial charge >= 0.3 is 0 Å². The van der Waals surface area contributed by atoms with Crippen LogP contribution in [-0.4, -0.2) is 4.98 Å². The molecule has 5 rings (SSSR count). The first kappa shape index (κ1) is 16.8. The fourth-order valence-electron chi connectivity index (χ4n) is 4.26. The topological polar surface area (TPSA) is 16.1 Å². The molecule has 0 saturated heterocycles. The predicted molar refractivity (Wildman–Crippen MR) is 116 cm³/mol. The highest BCUT2D eigenvalue weighted by Gasteiger charge is 2.36. The molecule has 3 aromatic carbocycles. The highest BCUT2D eigenvalue weighted by molar-refractivity contribution is 5.86. The second-order valence-electron chi connectivity index (χ2n) is 7.76. The van der Waals surface area contributed by atoms with E-state index in [9.17, 15) is 0 Å². The van der Waals surface area contributed by atoms with Crippen molar-refractivity contribution in [1.29, 1.82) is 0 Å². The van der Waals surface area contributed by atoms with Crippen molar-refractivity contribution in [3.05, 3.63) is 108 Å². The summed E-state index contributed by atoms with van der Waals surface area (Å²) in [5.41, 5.74) is 8.45. The minimum absolute atomic E-state index is 0.0302. The Bertz CT molecular complexity index is 1080. The number of hydrogen-bond acceptors (Lipinski definition) is 2. The van der Waals surface area contributed by atoms with E-state index in [2.05, 4.69) is 96.5 Å². The number of hydrogen-bond donors (Lipinski definition) is 0. The quantitative estimate of drug-likeness (QED) is 0.387. The van der Waals surface area contributed by atoms with Gasteiger partial charge in [0.1, 0.15) is 0 Å². The van der Waals surface area contributed by atoms with Gasteiger partial charge in [0.2, 0.25) is 0 Å². The summed E-state index contributed by atoms with van der Waals surface area (Å²) in [5.74, 6) is 0. The summed E-state index contributed by atoms with van der Waals surface area (Å²) < 4.78 is 0. The Morgan fingerprint density at radius 1 is 0.643 bits per heavy atom. The maximum absolute atomic E-state index is 4.47. The Balaban J connectivity index is 1.67. The number of benzene rings is 3. The molecular formula is C26H22N2. The molecule has 0 saturated carbocycles. The Morgan fingerprint density at radius 2 is 1.21 bits per heavy atom.